The van der Waals surface area contributed by atoms with E-state index in [4.69, 9.17) is 11.6 Å². The molecule has 0 aliphatic carbocycles. The van der Waals surface area contributed by atoms with Crippen LogP contribution in [0.15, 0.2) is 54.7 Å². The first-order valence-electron chi connectivity index (χ1n) is 6.01. The number of aryl methyl sites for hydroxylation is 1. The Morgan fingerprint density at radius 1 is 0.895 bits per heavy atom. The second kappa shape index (κ2) is 5.16. The fourth-order valence-electron chi connectivity index (χ4n) is 1.92. The summed E-state index contributed by atoms with van der Waals surface area (Å²) in [5, 5.41) is 0.530. The van der Waals surface area contributed by atoms with E-state index in [1.807, 2.05) is 12.1 Å². The van der Waals surface area contributed by atoms with Crippen molar-refractivity contribution in [1.29, 1.82) is 0 Å². The van der Waals surface area contributed by atoms with Gasteiger partial charge in [0.25, 0.3) is 0 Å². The number of thiophene rings is 1. The maximum Gasteiger partial charge on any atom is 0.129 e. The molecule has 0 N–H and O–H groups in total. The van der Waals surface area contributed by atoms with Gasteiger partial charge in [0.15, 0.2) is 0 Å². The lowest BCUT2D eigenvalue weighted by molar-refractivity contribution is 1.33. The van der Waals surface area contributed by atoms with E-state index < -0.39 is 0 Å². The van der Waals surface area contributed by atoms with Crippen LogP contribution in [0.3, 0.4) is 0 Å². The Hall–Kier alpha value is -1.64. The average Bonchev–Trinajstić information content (AvgIpc) is 2.89. The highest BCUT2D eigenvalue weighted by Crippen LogP contribution is 2.34. The summed E-state index contributed by atoms with van der Waals surface area (Å²) in [6.07, 6.45) is 1.74. The number of nitrogens with zero attached hydrogens (tertiary/aromatic N) is 1. The molecule has 0 radical (unpaired) electrons. The standard InChI is InChI=1S/C16H12ClNS/c1-11-2-4-12(5-3-11)14-6-7-15(19-14)13-8-9-18-16(17)10-13/h2-10H,1H3. The first-order valence-corrected chi connectivity index (χ1v) is 7.20. The van der Waals surface area contributed by atoms with Gasteiger partial charge in [-0.25, -0.2) is 4.98 Å². The smallest absolute Gasteiger partial charge is 0.129 e. The molecule has 1 aromatic carbocycles. The summed E-state index contributed by atoms with van der Waals surface area (Å²) < 4.78 is 0. The second-order valence-corrected chi connectivity index (χ2v) is 5.87. The minimum absolute atomic E-state index is 0.530. The van der Waals surface area contributed by atoms with Crippen molar-refractivity contribution in [3.05, 3.63) is 65.4 Å². The van der Waals surface area contributed by atoms with Crippen LogP contribution >= 0.6 is 22.9 Å². The molecule has 3 heteroatoms. The molecule has 0 saturated carbocycles. The predicted molar refractivity (Wildman–Crippen MR) is 82.7 cm³/mol. The molecule has 94 valence electrons. The van der Waals surface area contributed by atoms with E-state index in [0.29, 0.717) is 5.15 Å². The van der Waals surface area contributed by atoms with E-state index in [-0.39, 0.29) is 0 Å². The maximum atomic E-state index is 5.93. The number of rotatable bonds is 2. The van der Waals surface area contributed by atoms with Gasteiger partial charge < -0.3 is 0 Å². The zero-order valence-corrected chi connectivity index (χ0v) is 12.0. The quantitative estimate of drug-likeness (QED) is 0.571. The molecule has 0 fully saturated rings. The van der Waals surface area contributed by atoms with Gasteiger partial charge in [-0.2, -0.15) is 0 Å². The van der Waals surface area contributed by atoms with Gasteiger partial charge in [-0.15, -0.1) is 11.3 Å². The lowest BCUT2D eigenvalue weighted by atomic mass is 10.1. The molecule has 3 rings (SSSR count). The molecule has 0 unspecified atom stereocenters. The molecule has 2 heterocycles. The summed E-state index contributed by atoms with van der Waals surface area (Å²) in [6, 6.07) is 16.7. The van der Waals surface area contributed by atoms with E-state index in [9.17, 15) is 0 Å². The van der Waals surface area contributed by atoms with Crippen LogP contribution in [0.1, 0.15) is 5.56 Å². The first-order chi connectivity index (χ1) is 9.22. The van der Waals surface area contributed by atoms with Crippen LogP contribution in [-0.2, 0) is 0 Å². The van der Waals surface area contributed by atoms with Crippen LogP contribution in [-0.4, -0.2) is 4.98 Å². The Morgan fingerprint density at radius 2 is 1.58 bits per heavy atom. The van der Waals surface area contributed by atoms with Gasteiger partial charge >= 0.3 is 0 Å². The molecule has 0 spiro atoms. The van der Waals surface area contributed by atoms with Gasteiger partial charge in [0, 0.05) is 16.0 Å². The number of pyridine rings is 1. The summed E-state index contributed by atoms with van der Waals surface area (Å²) in [4.78, 5) is 6.48. The molecular formula is C16H12ClNS. The van der Waals surface area contributed by atoms with Gasteiger partial charge in [0.05, 0.1) is 0 Å². The van der Waals surface area contributed by atoms with Gasteiger partial charge in [-0.3, -0.25) is 0 Å². The molecule has 1 nitrogen and oxygen atoms in total. The minimum Gasteiger partial charge on any atom is -0.245 e. The van der Waals surface area contributed by atoms with Crippen molar-refractivity contribution in [2.24, 2.45) is 0 Å². The van der Waals surface area contributed by atoms with Gasteiger partial charge in [-0.1, -0.05) is 41.4 Å². The van der Waals surface area contributed by atoms with E-state index in [0.717, 1.165) is 5.56 Å². The summed E-state index contributed by atoms with van der Waals surface area (Å²) in [5.74, 6) is 0. The fraction of sp³-hybridized carbons (Fsp3) is 0.0625. The summed E-state index contributed by atoms with van der Waals surface area (Å²) >= 11 is 7.70. The van der Waals surface area contributed by atoms with Crippen molar-refractivity contribution in [3.8, 4) is 20.9 Å². The van der Waals surface area contributed by atoms with Crippen molar-refractivity contribution >= 4 is 22.9 Å². The number of hydrogen-bond donors (Lipinski definition) is 0. The minimum atomic E-state index is 0.530. The fourth-order valence-corrected chi connectivity index (χ4v) is 3.10. The SMILES string of the molecule is Cc1ccc(-c2ccc(-c3ccnc(Cl)c3)s2)cc1. The molecule has 0 aliphatic heterocycles. The lowest BCUT2D eigenvalue weighted by Crippen LogP contribution is -1.75. The van der Waals surface area contributed by atoms with Crippen molar-refractivity contribution in [2.45, 2.75) is 6.92 Å². The number of hydrogen-bond acceptors (Lipinski definition) is 2. The van der Waals surface area contributed by atoms with Crippen LogP contribution < -0.4 is 0 Å². The number of aromatic nitrogens is 1. The lowest BCUT2D eigenvalue weighted by Gasteiger charge is -1.99. The van der Waals surface area contributed by atoms with Crippen LogP contribution in [0, 0.1) is 6.92 Å². The Morgan fingerprint density at radius 3 is 2.26 bits per heavy atom. The molecule has 3 aromatic rings. The monoisotopic (exact) mass is 285 g/mol. The summed E-state index contributed by atoms with van der Waals surface area (Å²) in [7, 11) is 0. The van der Waals surface area contributed by atoms with Crippen LogP contribution in [0.4, 0.5) is 0 Å². The van der Waals surface area contributed by atoms with Crippen molar-refractivity contribution in [3.63, 3.8) is 0 Å². The van der Waals surface area contributed by atoms with E-state index in [1.165, 1.54) is 20.9 Å². The van der Waals surface area contributed by atoms with Crippen LogP contribution in [0.2, 0.25) is 5.15 Å². The maximum absolute atomic E-state index is 5.93. The normalized spacial score (nSPS) is 10.6. The van der Waals surface area contributed by atoms with Crippen molar-refractivity contribution < 1.29 is 0 Å². The molecular weight excluding hydrogens is 274 g/mol. The highest BCUT2D eigenvalue weighted by molar-refractivity contribution is 7.18. The third kappa shape index (κ3) is 2.70. The van der Waals surface area contributed by atoms with Crippen molar-refractivity contribution in [2.75, 3.05) is 0 Å². The van der Waals surface area contributed by atoms with Gasteiger partial charge in [0.2, 0.25) is 0 Å². The molecule has 0 bridgehead atoms. The Balaban J connectivity index is 1.97. The Bertz CT molecular complexity index is 701. The van der Waals surface area contributed by atoms with Gasteiger partial charge in [0.1, 0.15) is 5.15 Å². The molecule has 0 saturated heterocycles. The Kier molecular flexibility index (Phi) is 3.36. The highest BCUT2D eigenvalue weighted by atomic mass is 35.5. The highest BCUT2D eigenvalue weighted by Gasteiger charge is 2.05. The van der Waals surface area contributed by atoms with Crippen LogP contribution in [0.5, 0.6) is 0 Å². The molecule has 0 aliphatic rings. The topological polar surface area (TPSA) is 12.9 Å². The molecule has 0 amide bonds. The van der Waals surface area contributed by atoms with E-state index >= 15 is 0 Å². The van der Waals surface area contributed by atoms with Crippen molar-refractivity contribution in [1.82, 2.24) is 4.98 Å². The summed E-state index contributed by atoms with van der Waals surface area (Å²) in [5.41, 5.74) is 3.65. The number of halogens is 1. The number of benzene rings is 1. The third-order valence-electron chi connectivity index (χ3n) is 2.95. The zero-order chi connectivity index (χ0) is 13.2. The first kappa shape index (κ1) is 12.4. The third-order valence-corrected chi connectivity index (χ3v) is 4.34. The van der Waals surface area contributed by atoms with E-state index in [1.54, 1.807) is 17.5 Å². The zero-order valence-electron chi connectivity index (χ0n) is 10.4. The summed E-state index contributed by atoms with van der Waals surface area (Å²) in [6.45, 7) is 2.10. The average molecular weight is 286 g/mol. The Labute approximate surface area is 121 Å². The van der Waals surface area contributed by atoms with E-state index in [2.05, 4.69) is 48.3 Å². The van der Waals surface area contributed by atoms with Crippen LogP contribution in [0.25, 0.3) is 20.9 Å². The molecule has 2 aromatic heterocycles. The second-order valence-electron chi connectivity index (χ2n) is 4.40. The largest absolute Gasteiger partial charge is 0.245 e. The predicted octanol–water partition coefficient (Wildman–Crippen LogP) is 5.44. The molecule has 0 atom stereocenters. The molecule has 19 heavy (non-hydrogen) atoms. The van der Waals surface area contributed by atoms with Gasteiger partial charge in [-0.05, 0) is 42.3 Å².